The van der Waals surface area contributed by atoms with Gasteiger partial charge in [-0.05, 0) is 25.6 Å². The van der Waals surface area contributed by atoms with Gasteiger partial charge in [0.15, 0.2) is 0 Å². The fourth-order valence-corrected chi connectivity index (χ4v) is 2.59. The smallest absolute Gasteiger partial charge is 0.461 e. The number of ether oxygens (including phenoxy) is 1. The normalized spacial score (nSPS) is 21.4. The van der Waals surface area contributed by atoms with E-state index in [9.17, 15) is 27.2 Å². The molecule has 2 N–H and O–H groups in total. The number of alkyl halides is 4. The summed E-state index contributed by atoms with van der Waals surface area (Å²) in [6.07, 6.45) is -8.66. The average Bonchev–Trinajstić information content (AvgIpc) is 2.88. The van der Waals surface area contributed by atoms with Gasteiger partial charge in [0.2, 0.25) is 0 Å². The van der Waals surface area contributed by atoms with Crippen molar-refractivity contribution in [2.75, 3.05) is 13.6 Å². The molecule has 6 nitrogen and oxygen atoms in total. The summed E-state index contributed by atoms with van der Waals surface area (Å²) in [5.41, 5.74) is -0.343. The predicted octanol–water partition coefficient (Wildman–Crippen LogP) is 1.81. The number of hydrogen-bond donors (Lipinski definition) is 2. The van der Waals surface area contributed by atoms with Crippen molar-refractivity contribution in [1.82, 2.24) is 10.2 Å². The van der Waals surface area contributed by atoms with Gasteiger partial charge in [-0.2, -0.15) is 17.6 Å². The lowest BCUT2D eigenvalue weighted by atomic mass is 10.1. The van der Waals surface area contributed by atoms with E-state index in [0.717, 1.165) is 12.1 Å². The SMILES string of the molecule is CN1C[C@@H](NC(=O)c2ccccc2OC(F)(F)C(F)F)C[C@H]1C(=O)O. The van der Waals surface area contributed by atoms with Crippen LogP contribution in [-0.2, 0) is 4.79 Å². The molecule has 0 aromatic heterocycles. The van der Waals surface area contributed by atoms with Gasteiger partial charge in [0, 0.05) is 12.6 Å². The van der Waals surface area contributed by atoms with Crippen molar-refractivity contribution in [2.24, 2.45) is 0 Å². The molecule has 0 aliphatic carbocycles. The molecule has 0 bridgehead atoms. The van der Waals surface area contributed by atoms with E-state index in [1.54, 1.807) is 7.05 Å². The molecule has 0 radical (unpaired) electrons. The molecule has 25 heavy (non-hydrogen) atoms. The molecule has 1 aliphatic rings. The summed E-state index contributed by atoms with van der Waals surface area (Å²) < 4.78 is 54.8. The number of carboxylic acids is 1. The molecule has 0 spiro atoms. The maximum Gasteiger partial charge on any atom is 0.461 e. The lowest BCUT2D eigenvalue weighted by Gasteiger charge is -2.19. The van der Waals surface area contributed by atoms with E-state index in [4.69, 9.17) is 5.11 Å². The minimum absolute atomic E-state index is 0.133. The first-order valence-electron chi connectivity index (χ1n) is 7.29. The van der Waals surface area contributed by atoms with Crippen LogP contribution in [0.5, 0.6) is 5.75 Å². The molecule has 1 aromatic carbocycles. The highest BCUT2D eigenvalue weighted by Crippen LogP contribution is 2.30. The lowest BCUT2D eigenvalue weighted by molar-refractivity contribution is -0.253. The van der Waals surface area contributed by atoms with Crippen LogP contribution in [0.25, 0.3) is 0 Å². The summed E-state index contributed by atoms with van der Waals surface area (Å²) in [7, 11) is 1.57. The molecule has 1 aliphatic heterocycles. The second-order valence-electron chi connectivity index (χ2n) is 5.66. The number of carboxylic acid groups (broad SMARTS) is 1. The third kappa shape index (κ3) is 4.38. The number of nitrogens with one attached hydrogen (secondary N) is 1. The number of para-hydroxylation sites is 1. The van der Waals surface area contributed by atoms with Gasteiger partial charge in [0.1, 0.15) is 11.8 Å². The third-order valence-electron chi connectivity index (χ3n) is 3.80. The molecule has 1 saturated heterocycles. The van der Waals surface area contributed by atoms with Gasteiger partial charge < -0.3 is 15.2 Å². The van der Waals surface area contributed by atoms with E-state index in [-0.39, 0.29) is 18.5 Å². The fourth-order valence-electron chi connectivity index (χ4n) is 2.59. The zero-order valence-corrected chi connectivity index (χ0v) is 13.1. The Labute approximate surface area is 140 Å². The molecule has 10 heteroatoms. The van der Waals surface area contributed by atoms with Crippen LogP contribution in [0.15, 0.2) is 24.3 Å². The minimum atomic E-state index is -4.74. The van der Waals surface area contributed by atoms with E-state index in [1.807, 2.05) is 0 Å². The number of carbonyl (C=O) groups excluding carboxylic acids is 1. The van der Waals surface area contributed by atoms with E-state index in [2.05, 4.69) is 10.1 Å². The molecule has 1 fully saturated rings. The van der Waals surface area contributed by atoms with Crippen LogP contribution in [0.3, 0.4) is 0 Å². The van der Waals surface area contributed by atoms with Crippen molar-refractivity contribution >= 4 is 11.9 Å². The first kappa shape index (κ1) is 19.0. The lowest BCUT2D eigenvalue weighted by Crippen LogP contribution is -2.38. The van der Waals surface area contributed by atoms with Crippen LogP contribution in [0.4, 0.5) is 17.6 Å². The van der Waals surface area contributed by atoms with Gasteiger partial charge in [0.05, 0.1) is 5.56 Å². The van der Waals surface area contributed by atoms with Crippen molar-refractivity contribution in [1.29, 1.82) is 0 Å². The van der Waals surface area contributed by atoms with Crippen molar-refractivity contribution in [3.05, 3.63) is 29.8 Å². The third-order valence-corrected chi connectivity index (χ3v) is 3.80. The summed E-state index contributed by atoms with van der Waals surface area (Å²) in [4.78, 5) is 24.9. The molecule has 0 unspecified atom stereocenters. The first-order chi connectivity index (χ1) is 11.6. The summed E-state index contributed by atoms with van der Waals surface area (Å²) in [5, 5.41) is 11.6. The van der Waals surface area contributed by atoms with Gasteiger partial charge in [-0.1, -0.05) is 12.1 Å². The monoisotopic (exact) mass is 364 g/mol. The van der Waals surface area contributed by atoms with Crippen molar-refractivity contribution < 1.29 is 37.0 Å². The number of likely N-dealkylation sites (tertiary alicyclic amines) is 1. The highest BCUT2D eigenvalue weighted by atomic mass is 19.3. The number of carbonyl (C=O) groups is 2. The summed E-state index contributed by atoms with van der Waals surface area (Å²) in [6, 6.07) is 3.45. The van der Waals surface area contributed by atoms with Gasteiger partial charge in [-0.15, -0.1) is 0 Å². The van der Waals surface area contributed by atoms with Gasteiger partial charge in [-0.25, -0.2) is 0 Å². The predicted molar refractivity (Wildman–Crippen MR) is 77.9 cm³/mol. The zero-order chi connectivity index (χ0) is 18.8. The Bertz CT molecular complexity index is 656. The maximum absolute atomic E-state index is 13.1. The van der Waals surface area contributed by atoms with Crippen LogP contribution in [0.1, 0.15) is 16.8 Å². The number of rotatable bonds is 6. The number of benzene rings is 1. The standard InChI is InChI=1S/C15H16F4N2O4/c1-21-7-8(6-10(21)13(23)24)20-12(22)9-4-2-3-5-11(9)25-15(18,19)14(16)17/h2-5,8,10,14H,6-7H2,1H3,(H,20,22)(H,23,24)/t8-,10-/m0/s1. The van der Waals surface area contributed by atoms with Crippen molar-refractivity contribution in [2.45, 2.75) is 31.0 Å². The zero-order valence-electron chi connectivity index (χ0n) is 13.1. The summed E-state index contributed by atoms with van der Waals surface area (Å²) >= 11 is 0. The number of amides is 1. The van der Waals surface area contributed by atoms with Crippen LogP contribution in [0.2, 0.25) is 0 Å². The molecule has 0 saturated carbocycles. The number of hydrogen-bond acceptors (Lipinski definition) is 4. The topological polar surface area (TPSA) is 78.9 Å². The average molecular weight is 364 g/mol. The Hall–Kier alpha value is -2.36. The second-order valence-corrected chi connectivity index (χ2v) is 5.66. The van der Waals surface area contributed by atoms with Crippen molar-refractivity contribution in [3.63, 3.8) is 0 Å². The molecule has 2 rings (SSSR count). The number of likely N-dealkylation sites (N-methyl/N-ethyl adjacent to an activating group) is 1. The molecule has 1 amide bonds. The Balaban J connectivity index is 2.12. The van der Waals surface area contributed by atoms with Gasteiger partial charge >= 0.3 is 18.5 Å². The molecule has 2 atom stereocenters. The summed E-state index contributed by atoms with van der Waals surface area (Å²) in [6.45, 7) is 0.249. The molecular formula is C15H16F4N2O4. The van der Waals surface area contributed by atoms with Crippen LogP contribution in [0, 0.1) is 0 Å². The van der Waals surface area contributed by atoms with Gasteiger partial charge in [0.25, 0.3) is 5.91 Å². The number of nitrogens with zero attached hydrogens (tertiary/aromatic N) is 1. The van der Waals surface area contributed by atoms with Crippen LogP contribution in [-0.4, -0.2) is 60.1 Å². The molecule has 138 valence electrons. The molecular weight excluding hydrogens is 348 g/mol. The van der Waals surface area contributed by atoms with E-state index in [1.165, 1.54) is 17.0 Å². The Morgan fingerprint density at radius 2 is 2.00 bits per heavy atom. The number of halogens is 4. The van der Waals surface area contributed by atoms with Crippen molar-refractivity contribution in [3.8, 4) is 5.75 Å². The van der Waals surface area contributed by atoms with E-state index < -0.39 is 42.2 Å². The minimum Gasteiger partial charge on any atom is -0.480 e. The van der Waals surface area contributed by atoms with Crippen LogP contribution >= 0.6 is 0 Å². The van der Waals surface area contributed by atoms with E-state index in [0.29, 0.717) is 0 Å². The van der Waals surface area contributed by atoms with E-state index >= 15 is 0 Å². The molecule has 1 aromatic rings. The summed E-state index contributed by atoms with van der Waals surface area (Å²) in [5.74, 6) is -2.55. The van der Waals surface area contributed by atoms with Crippen LogP contribution < -0.4 is 10.1 Å². The largest absolute Gasteiger partial charge is 0.480 e. The Kier molecular flexibility index (Phi) is 5.51. The first-order valence-corrected chi connectivity index (χ1v) is 7.29. The quantitative estimate of drug-likeness (QED) is 0.753. The maximum atomic E-state index is 13.1. The van der Waals surface area contributed by atoms with Gasteiger partial charge in [-0.3, -0.25) is 14.5 Å². The Morgan fingerprint density at radius 1 is 1.36 bits per heavy atom. The Morgan fingerprint density at radius 3 is 2.56 bits per heavy atom. The number of aliphatic carboxylic acids is 1. The highest BCUT2D eigenvalue weighted by molar-refractivity contribution is 5.97. The highest BCUT2D eigenvalue weighted by Gasteiger charge is 2.44. The molecule has 1 heterocycles. The second kappa shape index (κ2) is 7.26. The fraction of sp³-hybridized carbons (Fsp3) is 0.467.